The number of nitriles is 1. The molecule has 1 heterocycles. The maximum Gasteiger partial charge on any atom is 0.257 e. The highest BCUT2D eigenvalue weighted by Crippen LogP contribution is 2.21. The van der Waals surface area contributed by atoms with Crippen molar-refractivity contribution in [3.63, 3.8) is 0 Å². The quantitative estimate of drug-likeness (QED) is 0.156. The number of rotatable bonds is 12. The van der Waals surface area contributed by atoms with Gasteiger partial charge in [0.2, 0.25) is 5.91 Å². The summed E-state index contributed by atoms with van der Waals surface area (Å²) in [4.78, 5) is 33.0. The number of carbonyl (C=O) groups excluding carboxylic acids is 2. The smallest absolute Gasteiger partial charge is 0.257 e. The molecule has 5 aromatic rings. The van der Waals surface area contributed by atoms with Crippen molar-refractivity contribution in [3.8, 4) is 6.07 Å². The van der Waals surface area contributed by atoms with Crippen LogP contribution in [-0.4, -0.2) is 44.0 Å². The van der Waals surface area contributed by atoms with Gasteiger partial charge < -0.3 is 14.8 Å². The van der Waals surface area contributed by atoms with Crippen LogP contribution in [0.5, 0.6) is 0 Å². The molecule has 1 aromatic heterocycles. The van der Waals surface area contributed by atoms with Crippen LogP contribution in [0.4, 0.5) is 0 Å². The molecule has 5 rings (SSSR count). The van der Waals surface area contributed by atoms with E-state index in [4.69, 9.17) is 17.5 Å². The van der Waals surface area contributed by atoms with Gasteiger partial charge in [0, 0.05) is 43.1 Å². The van der Waals surface area contributed by atoms with E-state index in [-0.39, 0.29) is 30.2 Å². The van der Waals surface area contributed by atoms with E-state index in [9.17, 15) is 9.59 Å². The lowest BCUT2D eigenvalue weighted by molar-refractivity contribution is -0.121. The van der Waals surface area contributed by atoms with Crippen molar-refractivity contribution < 1.29 is 9.59 Å². The van der Waals surface area contributed by atoms with Crippen LogP contribution < -0.4 is 10.6 Å². The molecule has 0 radical (unpaired) electrons. The van der Waals surface area contributed by atoms with Crippen molar-refractivity contribution >= 4 is 39.9 Å². The summed E-state index contributed by atoms with van der Waals surface area (Å²) in [6.07, 6.45) is 4.42. The Bertz CT molecular complexity index is 1870. The Labute approximate surface area is 281 Å². The lowest BCUT2D eigenvalue weighted by Gasteiger charge is -2.33. The van der Waals surface area contributed by atoms with Gasteiger partial charge in [-0.1, -0.05) is 93.1 Å². The second-order valence-electron chi connectivity index (χ2n) is 11.7. The third kappa shape index (κ3) is 8.69. The first kappa shape index (κ1) is 33.0. The monoisotopic (exact) mass is 642 g/mol. The molecule has 2 atom stereocenters. The highest BCUT2D eigenvalue weighted by atomic mass is 32.1. The molecule has 0 aliphatic heterocycles. The molecule has 4 aromatic carbocycles. The Morgan fingerprint density at radius 3 is 2.45 bits per heavy atom. The number of hydrogen-bond acceptors (Lipinski definition) is 5. The van der Waals surface area contributed by atoms with Gasteiger partial charge in [-0.3, -0.25) is 14.9 Å². The van der Waals surface area contributed by atoms with E-state index < -0.39 is 0 Å². The average Bonchev–Trinajstić information content (AvgIpc) is 3.53. The maximum absolute atomic E-state index is 13.6. The van der Waals surface area contributed by atoms with Gasteiger partial charge in [0.15, 0.2) is 5.11 Å². The van der Waals surface area contributed by atoms with Crippen LogP contribution in [0.2, 0.25) is 0 Å². The maximum atomic E-state index is 13.6. The van der Waals surface area contributed by atoms with Gasteiger partial charge >= 0.3 is 0 Å². The Morgan fingerprint density at radius 1 is 0.979 bits per heavy atom. The summed E-state index contributed by atoms with van der Waals surface area (Å²) >= 11 is 5.87. The second-order valence-corrected chi connectivity index (χ2v) is 12.1. The number of benzene rings is 4. The summed E-state index contributed by atoms with van der Waals surface area (Å²) in [6, 6.07) is 32.6. The van der Waals surface area contributed by atoms with E-state index in [1.165, 1.54) is 0 Å². The summed E-state index contributed by atoms with van der Waals surface area (Å²) in [5.41, 5.74) is 3.98. The summed E-state index contributed by atoms with van der Waals surface area (Å²) in [5.74, 6) is -0.274. The molecule has 2 amide bonds. The third-order valence-corrected chi connectivity index (χ3v) is 8.82. The number of carbonyl (C=O) groups is 2. The van der Waals surface area contributed by atoms with Crippen LogP contribution in [0.25, 0.3) is 10.8 Å². The Balaban J connectivity index is 1.34. The van der Waals surface area contributed by atoms with Crippen LogP contribution >= 0.6 is 12.2 Å². The highest BCUT2D eigenvalue weighted by molar-refractivity contribution is 7.80. The van der Waals surface area contributed by atoms with E-state index in [2.05, 4.69) is 59.8 Å². The van der Waals surface area contributed by atoms with Crippen molar-refractivity contribution in [2.24, 2.45) is 5.92 Å². The summed E-state index contributed by atoms with van der Waals surface area (Å²) < 4.78 is 1.94. The molecule has 2 N–H and O–H groups in total. The Morgan fingerprint density at radius 2 is 1.70 bits per heavy atom. The normalized spacial score (nSPS) is 12.1. The van der Waals surface area contributed by atoms with Crippen molar-refractivity contribution in [1.82, 2.24) is 25.1 Å². The molecule has 0 unspecified atom stereocenters. The molecule has 0 saturated heterocycles. The van der Waals surface area contributed by atoms with Gasteiger partial charge in [0.25, 0.3) is 5.91 Å². The number of aromatic nitrogens is 2. The van der Waals surface area contributed by atoms with Crippen LogP contribution in [0.3, 0.4) is 0 Å². The molecule has 0 fully saturated rings. The van der Waals surface area contributed by atoms with Gasteiger partial charge in [0.05, 0.1) is 24.4 Å². The van der Waals surface area contributed by atoms with Crippen molar-refractivity contribution in [1.29, 1.82) is 5.26 Å². The number of amides is 2. The van der Waals surface area contributed by atoms with E-state index in [0.717, 1.165) is 34.0 Å². The molecule has 238 valence electrons. The first-order valence-electron chi connectivity index (χ1n) is 15.7. The van der Waals surface area contributed by atoms with Gasteiger partial charge in [0.1, 0.15) is 0 Å². The number of imidazole rings is 1. The minimum Gasteiger partial charge on any atom is -0.351 e. The number of fused-ring (bicyclic) bond motifs is 1. The zero-order chi connectivity index (χ0) is 33.2. The topological polar surface area (TPSA) is 103 Å². The molecule has 47 heavy (non-hydrogen) atoms. The average molecular weight is 643 g/mol. The van der Waals surface area contributed by atoms with Crippen LogP contribution in [0.1, 0.15) is 53.0 Å². The number of thiocarbonyl (C=S) groups is 1. The third-order valence-electron chi connectivity index (χ3n) is 8.46. The lowest BCUT2D eigenvalue weighted by Crippen LogP contribution is -2.52. The van der Waals surface area contributed by atoms with Crippen LogP contribution in [-0.2, 0) is 24.3 Å². The van der Waals surface area contributed by atoms with Gasteiger partial charge in [-0.2, -0.15) is 5.26 Å². The second kappa shape index (κ2) is 15.8. The predicted molar refractivity (Wildman–Crippen MR) is 188 cm³/mol. The molecular formula is C38H38N6O2S. The van der Waals surface area contributed by atoms with Gasteiger partial charge in [-0.15, -0.1) is 0 Å². The summed E-state index contributed by atoms with van der Waals surface area (Å²) in [7, 11) is 0. The van der Waals surface area contributed by atoms with Crippen LogP contribution in [0, 0.1) is 17.2 Å². The molecular weight excluding hydrogens is 605 g/mol. The first-order chi connectivity index (χ1) is 22.8. The summed E-state index contributed by atoms with van der Waals surface area (Å²) in [5, 5.41) is 17.8. The molecule has 0 saturated carbocycles. The van der Waals surface area contributed by atoms with E-state index in [1.807, 2.05) is 58.0 Å². The highest BCUT2D eigenvalue weighted by Gasteiger charge is 2.25. The molecule has 9 heteroatoms. The SMILES string of the molecule is CC[C@H](C)[C@@H](CN(Cc1cccc2ccccc12)C(=S)NC(=O)c1ccccc1)NC(=O)Cc1cncn1Cc1ccc(C#N)cc1. The number of hydrogen-bond donors (Lipinski definition) is 2. The minimum atomic E-state index is -0.279. The van der Waals surface area contributed by atoms with E-state index in [0.29, 0.717) is 35.9 Å². The number of nitrogens with one attached hydrogen (secondary N) is 2. The fourth-order valence-corrected chi connectivity index (χ4v) is 5.76. The van der Waals surface area contributed by atoms with Crippen LogP contribution in [0.15, 0.2) is 110 Å². The van der Waals surface area contributed by atoms with Gasteiger partial charge in [-0.05, 0) is 64.3 Å². The fraction of sp³-hybridized carbons (Fsp3) is 0.237. The molecule has 0 aliphatic rings. The van der Waals surface area contributed by atoms with E-state index >= 15 is 0 Å². The van der Waals surface area contributed by atoms with Crippen molar-refractivity contribution in [3.05, 3.63) is 138 Å². The Hall–Kier alpha value is -5.33. The largest absolute Gasteiger partial charge is 0.351 e. The van der Waals surface area contributed by atoms with E-state index in [1.54, 1.807) is 36.8 Å². The predicted octanol–water partition coefficient (Wildman–Crippen LogP) is 6.25. The summed E-state index contributed by atoms with van der Waals surface area (Å²) in [6.45, 7) is 5.61. The zero-order valence-corrected chi connectivity index (χ0v) is 27.4. The minimum absolute atomic E-state index is 0.124. The zero-order valence-electron chi connectivity index (χ0n) is 26.6. The Kier molecular flexibility index (Phi) is 11.1. The molecule has 0 spiro atoms. The molecule has 8 nitrogen and oxygen atoms in total. The fourth-order valence-electron chi connectivity index (χ4n) is 5.52. The first-order valence-corrected chi connectivity index (χ1v) is 16.1. The van der Waals surface area contributed by atoms with Crippen molar-refractivity contribution in [2.75, 3.05) is 6.54 Å². The van der Waals surface area contributed by atoms with Gasteiger partial charge in [-0.25, -0.2) is 4.98 Å². The molecule has 0 aliphatic carbocycles. The molecule has 0 bridgehead atoms. The number of nitrogens with zero attached hydrogens (tertiary/aromatic N) is 4. The van der Waals surface area contributed by atoms with Crippen molar-refractivity contribution in [2.45, 2.75) is 45.8 Å². The standard InChI is InChI=1S/C38H38N6O2S/c1-3-27(2)35(41-36(45)20-33-22-40-26-44(33)23-29-18-16-28(21-39)17-19-29)25-43(38(47)42-37(46)31-11-5-4-6-12-31)24-32-14-9-13-30-10-7-8-15-34(30)32/h4-19,22,26-27,35H,3,20,23-25H2,1-2H3,(H,41,45)(H,42,46,47)/t27-,35+/m0/s1. The lowest BCUT2D eigenvalue weighted by atomic mass is 9.97.